The second-order valence-electron chi connectivity index (χ2n) is 10.6. The Morgan fingerprint density at radius 1 is 0.658 bits per heavy atom. The summed E-state index contributed by atoms with van der Waals surface area (Å²) in [7, 11) is -1.64. The van der Waals surface area contributed by atoms with Crippen LogP contribution in [0, 0.1) is 0 Å². The lowest BCUT2D eigenvalue weighted by molar-refractivity contribution is 0.109. The maximum atomic E-state index is 10.5. The van der Waals surface area contributed by atoms with Crippen LogP contribution in [0.3, 0.4) is 0 Å². The van der Waals surface area contributed by atoms with E-state index in [-0.39, 0.29) is 22.2 Å². The van der Waals surface area contributed by atoms with Gasteiger partial charge in [-0.1, -0.05) is 93.9 Å². The van der Waals surface area contributed by atoms with Gasteiger partial charge in [-0.25, -0.2) is 0 Å². The maximum absolute atomic E-state index is 10.5. The number of aldehydes is 2. The van der Waals surface area contributed by atoms with E-state index in [4.69, 9.17) is 14.5 Å². The summed E-state index contributed by atoms with van der Waals surface area (Å²) in [5, 5.41) is 17.0. The summed E-state index contributed by atoms with van der Waals surface area (Å²) in [6.07, 6.45) is 1.21. The molecule has 0 atom stereocenters. The zero-order valence-corrected chi connectivity index (χ0v) is 24.2. The van der Waals surface area contributed by atoms with Gasteiger partial charge in [-0.05, 0) is 58.4 Å². The highest BCUT2D eigenvalue weighted by Gasteiger charge is 2.15. The van der Waals surface area contributed by atoms with E-state index < -0.39 is 7.12 Å². The third kappa shape index (κ3) is 9.60. The molecule has 0 spiro atoms. The van der Waals surface area contributed by atoms with Crippen LogP contribution in [-0.2, 0) is 10.8 Å². The van der Waals surface area contributed by atoms with Crippen molar-refractivity contribution < 1.29 is 28.5 Å². The summed E-state index contributed by atoms with van der Waals surface area (Å²) in [5.41, 5.74) is 4.04. The number of carbonyl (C=O) groups excluding carboxylic acids is 2. The topological polar surface area (TPSA) is 101 Å². The number of halogens is 1. The number of carbonyl (C=O) groups is 2. The molecule has 8 heteroatoms. The predicted molar refractivity (Wildman–Crippen MR) is 155 cm³/mol. The number of rotatable bonds is 4. The van der Waals surface area contributed by atoms with Crippen molar-refractivity contribution in [2.24, 2.45) is 0 Å². The fraction of sp³-hybridized carbons (Fsp3) is 0.267. The van der Waals surface area contributed by atoms with Gasteiger partial charge in [0.05, 0.1) is 0 Å². The summed E-state index contributed by atoms with van der Waals surface area (Å²) >= 11 is 3.41. The van der Waals surface area contributed by atoms with Gasteiger partial charge in [-0.2, -0.15) is 0 Å². The molecule has 0 radical (unpaired) electrons. The van der Waals surface area contributed by atoms with E-state index >= 15 is 0 Å². The van der Waals surface area contributed by atoms with E-state index in [1.54, 1.807) is 6.07 Å². The first-order valence-electron chi connectivity index (χ1n) is 12.1. The minimum Gasteiger partial charge on any atom is -0.462 e. The van der Waals surface area contributed by atoms with Crippen LogP contribution in [0.2, 0.25) is 0 Å². The lowest BCUT2D eigenvalue weighted by Crippen LogP contribution is -2.27. The molecule has 0 saturated carbocycles. The van der Waals surface area contributed by atoms with Crippen molar-refractivity contribution >= 4 is 41.3 Å². The third-order valence-corrected chi connectivity index (χ3v) is 6.04. The Kier molecular flexibility index (Phi) is 11.1. The second-order valence-corrected chi connectivity index (χ2v) is 11.6. The van der Waals surface area contributed by atoms with Crippen LogP contribution in [-0.4, -0.2) is 29.7 Å². The molecule has 2 aromatic heterocycles. The van der Waals surface area contributed by atoms with Crippen molar-refractivity contribution in [3.8, 4) is 11.3 Å². The molecule has 0 bridgehead atoms. The molecule has 2 N–H and O–H groups in total. The SMILES string of the molecule is CC(C)(C)c1ccc(-c2ccc(C=O)o2)cc1.CC(C)(C)c1ccc(Br)cc1.O=Cc1ccc(B(O)O)o1. The Hall–Kier alpha value is -3.20. The molecule has 200 valence electrons. The second kappa shape index (κ2) is 13.6. The summed E-state index contributed by atoms with van der Waals surface area (Å²) < 4.78 is 11.1. The normalized spacial score (nSPS) is 11.0. The van der Waals surface area contributed by atoms with Crippen LogP contribution < -0.4 is 5.66 Å². The average Bonchev–Trinajstić information content (AvgIpc) is 3.54. The Morgan fingerprint density at radius 3 is 1.47 bits per heavy atom. The molecule has 2 aromatic carbocycles. The number of hydrogen-bond donors (Lipinski definition) is 2. The van der Waals surface area contributed by atoms with E-state index in [1.165, 1.54) is 23.3 Å². The van der Waals surface area contributed by atoms with E-state index in [1.807, 2.05) is 18.2 Å². The van der Waals surface area contributed by atoms with Crippen LogP contribution >= 0.6 is 15.9 Å². The Morgan fingerprint density at radius 2 is 1.11 bits per heavy atom. The average molecular weight is 581 g/mol. The van der Waals surface area contributed by atoms with Gasteiger partial charge < -0.3 is 18.9 Å². The molecule has 0 aliphatic rings. The Balaban J connectivity index is 0.000000211. The minimum absolute atomic E-state index is 0.0258. The van der Waals surface area contributed by atoms with Gasteiger partial charge in [0, 0.05) is 10.0 Å². The fourth-order valence-corrected chi connectivity index (χ4v) is 3.49. The summed E-state index contributed by atoms with van der Waals surface area (Å²) in [6.45, 7) is 13.2. The first-order chi connectivity index (χ1) is 17.7. The lowest BCUT2D eigenvalue weighted by Gasteiger charge is -2.18. The van der Waals surface area contributed by atoms with Crippen molar-refractivity contribution in [3.05, 3.63) is 99.9 Å². The molecule has 0 aliphatic heterocycles. The molecule has 6 nitrogen and oxygen atoms in total. The van der Waals surface area contributed by atoms with Gasteiger partial charge >= 0.3 is 7.12 Å². The molecular formula is C30H34BBrO6. The van der Waals surface area contributed by atoms with Crippen molar-refractivity contribution in [2.45, 2.75) is 52.4 Å². The first kappa shape index (κ1) is 31.0. The summed E-state index contributed by atoms with van der Waals surface area (Å²) in [5.74, 6) is 1.18. The van der Waals surface area contributed by atoms with Crippen LogP contribution in [0.1, 0.15) is 73.8 Å². The van der Waals surface area contributed by atoms with E-state index in [9.17, 15) is 9.59 Å². The van der Waals surface area contributed by atoms with Crippen molar-refractivity contribution in [1.82, 2.24) is 0 Å². The van der Waals surface area contributed by atoms with Crippen LogP contribution in [0.25, 0.3) is 11.3 Å². The summed E-state index contributed by atoms with van der Waals surface area (Å²) in [4.78, 5) is 20.5. The molecule has 0 saturated heterocycles. The molecule has 0 unspecified atom stereocenters. The largest absolute Gasteiger partial charge is 0.526 e. The highest BCUT2D eigenvalue weighted by atomic mass is 79.9. The number of furan rings is 2. The molecule has 2 heterocycles. The third-order valence-electron chi connectivity index (χ3n) is 5.51. The first-order valence-corrected chi connectivity index (χ1v) is 12.9. The lowest BCUT2D eigenvalue weighted by atomic mass is 9.86. The van der Waals surface area contributed by atoms with Crippen molar-refractivity contribution in [3.63, 3.8) is 0 Å². The summed E-state index contributed by atoms with van der Waals surface area (Å²) in [6, 6.07) is 22.9. The van der Waals surface area contributed by atoms with Gasteiger partial charge in [-0.15, -0.1) is 0 Å². The van der Waals surface area contributed by atoms with Gasteiger partial charge in [0.2, 0.25) is 0 Å². The van der Waals surface area contributed by atoms with E-state index in [0.717, 1.165) is 15.8 Å². The Labute approximate surface area is 233 Å². The van der Waals surface area contributed by atoms with Crippen LogP contribution in [0.4, 0.5) is 0 Å². The van der Waals surface area contributed by atoms with Gasteiger partial charge in [0.1, 0.15) is 11.4 Å². The molecular weight excluding hydrogens is 547 g/mol. The van der Waals surface area contributed by atoms with Gasteiger partial charge in [0.25, 0.3) is 0 Å². The molecule has 0 aliphatic carbocycles. The molecule has 0 amide bonds. The monoisotopic (exact) mass is 580 g/mol. The van der Waals surface area contributed by atoms with Gasteiger partial charge in [-0.3, -0.25) is 9.59 Å². The Bertz CT molecular complexity index is 1290. The van der Waals surface area contributed by atoms with Crippen LogP contribution in [0.15, 0.2) is 86.1 Å². The number of benzene rings is 2. The molecule has 38 heavy (non-hydrogen) atoms. The zero-order valence-electron chi connectivity index (χ0n) is 22.6. The van der Waals surface area contributed by atoms with Crippen molar-refractivity contribution in [2.75, 3.05) is 0 Å². The highest BCUT2D eigenvalue weighted by Crippen LogP contribution is 2.27. The molecule has 4 aromatic rings. The van der Waals surface area contributed by atoms with Gasteiger partial charge in [0.15, 0.2) is 24.1 Å². The van der Waals surface area contributed by atoms with E-state index in [0.29, 0.717) is 18.3 Å². The number of hydrogen-bond acceptors (Lipinski definition) is 6. The van der Waals surface area contributed by atoms with Crippen LogP contribution in [0.5, 0.6) is 0 Å². The molecule has 4 rings (SSSR count). The standard InChI is InChI=1S/C15H16O2.C10H13Br.C5H5BO4/c1-15(2,3)12-6-4-11(5-7-12)14-9-8-13(10-16)17-14;1-10(2,3)8-4-6-9(11)7-5-8;7-3-4-1-2-5(10-4)6(8)9/h4-10H,1-3H3;4-7H,1-3H3;1-3,8-9H. The maximum Gasteiger partial charge on any atom is 0.526 e. The highest BCUT2D eigenvalue weighted by molar-refractivity contribution is 9.10. The zero-order chi connectivity index (χ0) is 28.5. The quantitative estimate of drug-likeness (QED) is 0.209. The van der Waals surface area contributed by atoms with Crippen molar-refractivity contribution in [1.29, 1.82) is 0 Å². The minimum atomic E-state index is -1.64. The van der Waals surface area contributed by atoms with E-state index in [2.05, 4.69) is 98.3 Å². The predicted octanol–water partition coefficient (Wildman–Crippen LogP) is 6.58. The molecule has 0 fully saturated rings. The smallest absolute Gasteiger partial charge is 0.462 e. The fourth-order valence-electron chi connectivity index (χ4n) is 3.23.